The van der Waals surface area contributed by atoms with Gasteiger partial charge in [0, 0.05) is 0 Å². The second-order valence-electron chi connectivity index (χ2n) is 4.86. The normalized spacial score (nSPS) is 42.8. The maximum absolute atomic E-state index is 11.7. The van der Waals surface area contributed by atoms with Crippen LogP contribution in [-0.4, -0.2) is 19.4 Å². The Morgan fingerprint density at radius 3 is 2.50 bits per heavy atom. The van der Waals surface area contributed by atoms with Gasteiger partial charge in [0.15, 0.2) is 9.84 Å². The Morgan fingerprint density at radius 1 is 1.25 bits per heavy atom. The van der Waals surface area contributed by atoms with E-state index < -0.39 is 9.84 Å². The van der Waals surface area contributed by atoms with Crippen molar-refractivity contribution < 1.29 is 8.42 Å². The molecular weight excluding hydrogens is 172 g/mol. The Balaban J connectivity index is 2.41. The SMILES string of the molecule is CC1(C)CCC2CCS(=O)(=O)C21. The van der Waals surface area contributed by atoms with Crippen LogP contribution in [0.1, 0.15) is 33.1 Å². The average molecular weight is 188 g/mol. The van der Waals surface area contributed by atoms with Gasteiger partial charge in [-0.25, -0.2) is 8.42 Å². The Labute approximate surface area is 74.3 Å². The third-order valence-electron chi connectivity index (χ3n) is 3.52. The molecule has 2 aliphatic rings. The number of fused-ring (bicyclic) bond motifs is 1. The van der Waals surface area contributed by atoms with Gasteiger partial charge in [-0.05, 0) is 30.6 Å². The minimum Gasteiger partial charge on any atom is -0.229 e. The van der Waals surface area contributed by atoms with Gasteiger partial charge >= 0.3 is 0 Å². The highest BCUT2D eigenvalue weighted by molar-refractivity contribution is 7.92. The van der Waals surface area contributed by atoms with Crippen molar-refractivity contribution in [3.05, 3.63) is 0 Å². The third kappa shape index (κ3) is 1.02. The van der Waals surface area contributed by atoms with E-state index in [9.17, 15) is 8.42 Å². The van der Waals surface area contributed by atoms with Crippen molar-refractivity contribution >= 4 is 9.84 Å². The first kappa shape index (κ1) is 8.54. The summed E-state index contributed by atoms with van der Waals surface area (Å²) in [6.45, 7) is 4.20. The highest BCUT2D eigenvalue weighted by Gasteiger charge is 2.52. The summed E-state index contributed by atoms with van der Waals surface area (Å²) in [6.07, 6.45) is 3.12. The number of hydrogen-bond donors (Lipinski definition) is 0. The fourth-order valence-electron chi connectivity index (χ4n) is 3.01. The summed E-state index contributed by atoms with van der Waals surface area (Å²) >= 11 is 0. The van der Waals surface area contributed by atoms with Gasteiger partial charge in [-0.1, -0.05) is 13.8 Å². The molecule has 0 aromatic rings. The molecule has 1 saturated heterocycles. The molecule has 2 fully saturated rings. The van der Waals surface area contributed by atoms with E-state index in [2.05, 4.69) is 13.8 Å². The Bertz CT molecular complexity index is 290. The van der Waals surface area contributed by atoms with Crippen LogP contribution in [0, 0.1) is 11.3 Å². The van der Waals surface area contributed by atoms with Crippen LogP contribution in [0.2, 0.25) is 0 Å². The van der Waals surface area contributed by atoms with E-state index in [0.717, 1.165) is 19.3 Å². The molecule has 1 aliphatic carbocycles. The van der Waals surface area contributed by atoms with Crippen LogP contribution >= 0.6 is 0 Å². The van der Waals surface area contributed by atoms with E-state index in [0.29, 0.717) is 11.7 Å². The van der Waals surface area contributed by atoms with Gasteiger partial charge < -0.3 is 0 Å². The molecule has 0 amide bonds. The molecule has 0 N–H and O–H groups in total. The summed E-state index contributed by atoms with van der Waals surface area (Å²) in [7, 11) is -2.73. The van der Waals surface area contributed by atoms with Gasteiger partial charge in [-0.15, -0.1) is 0 Å². The molecule has 2 nitrogen and oxygen atoms in total. The van der Waals surface area contributed by atoms with Crippen LogP contribution in [0.3, 0.4) is 0 Å². The zero-order valence-corrected chi connectivity index (χ0v) is 8.52. The van der Waals surface area contributed by atoms with Gasteiger partial charge in [0.2, 0.25) is 0 Å². The molecule has 2 rings (SSSR count). The van der Waals surface area contributed by atoms with Crippen LogP contribution in [0.15, 0.2) is 0 Å². The maximum atomic E-state index is 11.7. The molecule has 2 atom stereocenters. The molecule has 0 bridgehead atoms. The van der Waals surface area contributed by atoms with Crippen molar-refractivity contribution in [2.45, 2.75) is 38.4 Å². The van der Waals surface area contributed by atoms with Crippen LogP contribution in [0.4, 0.5) is 0 Å². The van der Waals surface area contributed by atoms with Crippen molar-refractivity contribution in [3.8, 4) is 0 Å². The van der Waals surface area contributed by atoms with Crippen LogP contribution < -0.4 is 0 Å². The molecule has 2 unspecified atom stereocenters. The molecule has 0 radical (unpaired) electrons. The second-order valence-corrected chi connectivity index (χ2v) is 7.11. The summed E-state index contributed by atoms with van der Waals surface area (Å²) in [5.74, 6) is 0.913. The van der Waals surface area contributed by atoms with Gasteiger partial charge in [0.25, 0.3) is 0 Å². The van der Waals surface area contributed by atoms with Crippen LogP contribution in [-0.2, 0) is 9.84 Å². The number of sulfone groups is 1. The van der Waals surface area contributed by atoms with Crippen LogP contribution in [0.5, 0.6) is 0 Å². The second kappa shape index (κ2) is 2.25. The molecule has 0 spiro atoms. The lowest BCUT2D eigenvalue weighted by Gasteiger charge is -2.24. The minimum absolute atomic E-state index is 0.0231. The zero-order chi connectivity index (χ0) is 8.98. The molecule has 70 valence electrons. The molecule has 1 saturated carbocycles. The van der Waals surface area contributed by atoms with Crippen molar-refractivity contribution in [2.75, 3.05) is 5.75 Å². The van der Waals surface area contributed by atoms with E-state index in [4.69, 9.17) is 0 Å². The van der Waals surface area contributed by atoms with E-state index in [1.54, 1.807) is 0 Å². The minimum atomic E-state index is -2.73. The molecule has 1 aliphatic heterocycles. The van der Waals surface area contributed by atoms with Gasteiger partial charge in [0.1, 0.15) is 0 Å². The van der Waals surface area contributed by atoms with E-state index in [1.165, 1.54) is 0 Å². The fourth-order valence-corrected chi connectivity index (χ4v) is 5.84. The predicted molar refractivity (Wildman–Crippen MR) is 48.7 cm³/mol. The van der Waals surface area contributed by atoms with E-state index >= 15 is 0 Å². The highest BCUT2D eigenvalue weighted by atomic mass is 32.2. The van der Waals surface area contributed by atoms with Gasteiger partial charge in [0.05, 0.1) is 11.0 Å². The number of hydrogen-bond acceptors (Lipinski definition) is 2. The lowest BCUT2D eigenvalue weighted by molar-refractivity contribution is 0.368. The first-order chi connectivity index (χ1) is 5.43. The zero-order valence-electron chi connectivity index (χ0n) is 7.71. The quantitative estimate of drug-likeness (QED) is 0.579. The first-order valence-electron chi connectivity index (χ1n) is 4.65. The number of rotatable bonds is 0. The molecule has 0 aromatic heterocycles. The highest BCUT2D eigenvalue weighted by Crippen LogP contribution is 2.50. The molecule has 1 heterocycles. The molecule has 0 aromatic carbocycles. The predicted octanol–water partition coefficient (Wildman–Crippen LogP) is 1.61. The maximum Gasteiger partial charge on any atom is 0.153 e. The summed E-state index contributed by atoms with van der Waals surface area (Å²) in [5, 5.41) is -0.0231. The summed E-state index contributed by atoms with van der Waals surface area (Å²) in [5.41, 5.74) is 0.0417. The van der Waals surface area contributed by atoms with Crippen LogP contribution in [0.25, 0.3) is 0 Å². The third-order valence-corrected chi connectivity index (χ3v) is 6.12. The van der Waals surface area contributed by atoms with Crippen molar-refractivity contribution in [3.63, 3.8) is 0 Å². The Kier molecular flexibility index (Phi) is 1.60. The average Bonchev–Trinajstić information content (AvgIpc) is 2.36. The Hall–Kier alpha value is -0.0500. The van der Waals surface area contributed by atoms with Gasteiger partial charge in [-0.3, -0.25) is 0 Å². The van der Waals surface area contributed by atoms with Crippen molar-refractivity contribution in [1.82, 2.24) is 0 Å². The summed E-state index contributed by atoms with van der Waals surface area (Å²) in [4.78, 5) is 0. The topological polar surface area (TPSA) is 34.1 Å². The largest absolute Gasteiger partial charge is 0.229 e. The summed E-state index contributed by atoms with van der Waals surface area (Å²) < 4.78 is 23.3. The van der Waals surface area contributed by atoms with E-state index in [1.807, 2.05) is 0 Å². The molecule has 3 heteroatoms. The first-order valence-corrected chi connectivity index (χ1v) is 6.37. The lowest BCUT2D eigenvalue weighted by atomic mass is 9.89. The monoisotopic (exact) mass is 188 g/mol. The fraction of sp³-hybridized carbons (Fsp3) is 1.00. The lowest BCUT2D eigenvalue weighted by Crippen LogP contribution is -2.31. The van der Waals surface area contributed by atoms with Crippen molar-refractivity contribution in [1.29, 1.82) is 0 Å². The van der Waals surface area contributed by atoms with Crippen molar-refractivity contribution in [2.24, 2.45) is 11.3 Å². The molecular formula is C9H16O2S. The Morgan fingerprint density at radius 2 is 1.92 bits per heavy atom. The smallest absolute Gasteiger partial charge is 0.153 e. The summed E-state index contributed by atoms with van der Waals surface area (Å²) in [6, 6.07) is 0. The standard InChI is InChI=1S/C9H16O2S/c1-9(2)5-3-7-4-6-12(10,11)8(7)9/h7-8H,3-6H2,1-2H3. The van der Waals surface area contributed by atoms with E-state index in [-0.39, 0.29) is 10.7 Å². The molecule has 12 heavy (non-hydrogen) atoms. The van der Waals surface area contributed by atoms with Gasteiger partial charge in [-0.2, -0.15) is 0 Å².